The van der Waals surface area contributed by atoms with Gasteiger partial charge in [-0.25, -0.2) is 0 Å². The lowest BCUT2D eigenvalue weighted by Gasteiger charge is -2.16. The zero-order valence-corrected chi connectivity index (χ0v) is 11.5. The first-order chi connectivity index (χ1) is 9.70. The van der Waals surface area contributed by atoms with Crippen LogP contribution in [-0.4, -0.2) is 12.5 Å². The molecule has 1 amide bonds. The largest absolute Gasteiger partial charge is 0.619 e. The van der Waals surface area contributed by atoms with Gasteiger partial charge in [0, 0.05) is 24.6 Å². The molecule has 0 saturated heterocycles. The third kappa shape index (κ3) is 3.57. The molecular weight excluding hydrogens is 252 g/mol. The second-order valence-corrected chi connectivity index (χ2v) is 4.67. The van der Waals surface area contributed by atoms with Gasteiger partial charge >= 0.3 is 0 Å². The Hall–Kier alpha value is -2.36. The van der Waals surface area contributed by atoms with Crippen LogP contribution in [0.25, 0.3) is 0 Å². The highest BCUT2D eigenvalue weighted by molar-refractivity contribution is 5.93. The van der Waals surface area contributed by atoms with Crippen LogP contribution in [0.4, 0.5) is 0 Å². The van der Waals surface area contributed by atoms with Crippen molar-refractivity contribution in [2.75, 3.05) is 6.54 Å². The topological polar surface area (TPSA) is 56.0 Å². The smallest absolute Gasteiger partial charge is 0.251 e. The lowest BCUT2D eigenvalue weighted by atomic mass is 9.96. The summed E-state index contributed by atoms with van der Waals surface area (Å²) in [5.41, 5.74) is 1.72. The molecule has 4 nitrogen and oxygen atoms in total. The van der Waals surface area contributed by atoms with E-state index in [4.69, 9.17) is 0 Å². The average Bonchev–Trinajstić information content (AvgIpc) is 2.49. The molecule has 2 rings (SSSR count). The molecule has 20 heavy (non-hydrogen) atoms. The Morgan fingerprint density at radius 3 is 2.45 bits per heavy atom. The molecule has 4 heteroatoms. The molecule has 0 radical (unpaired) electrons. The van der Waals surface area contributed by atoms with Crippen molar-refractivity contribution in [2.45, 2.75) is 19.3 Å². The van der Waals surface area contributed by atoms with E-state index in [0.29, 0.717) is 22.8 Å². The van der Waals surface area contributed by atoms with E-state index in [-0.39, 0.29) is 5.91 Å². The molecule has 0 bridgehead atoms. The Balaban J connectivity index is 1.96. The number of hydrogen-bond donors (Lipinski definition) is 1. The summed E-state index contributed by atoms with van der Waals surface area (Å²) in [4.78, 5) is 12.0. The molecule has 1 N–H and O–H groups in total. The number of nitrogens with one attached hydrogen (secondary N) is 1. The number of aromatic nitrogens is 1. The first-order valence-electron chi connectivity index (χ1n) is 6.72. The molecule has 1 heterocycles. The predicted octanol–water partition coefficient (Wildman–Crippen LogP) is 2.24. The molecule has 104 valence electrons. The minimum Gasteiger partial charge on any atom is -0.619 e. The molecule has 1 atom stereocenters. The van der Waals surface area contributed by atoms with Crippen molar-refractivity contribution in [3.63, 3.8) is 0 Å². The highest BCUT2D eigenvalue weighted by Crippen LogP contribution is 2.18. The Morgan fingerprint density at radius 1 is 1.20 bits per heavy atom. The number of carbonyl (C=O) groups excluding carboxylic acids is 1. The predicted molar refractivity (Wildman–Crippen MR) is 77.2 cm³/mol. The highest BCUT2D eigenvalue weighted by Gasteiger charge is 2.12. The van der Waals surface area contributed by atoms with Gasteiger partial charge in [0.25, 0.3) is 5.91 Å². The Bertz CT molecular complexity index is 552. The molecule has 0 fully saturated rings. The first kappa shape index (κ1) is 14.1. The van der Waals surface area contributed by atoms with Gasteiger partial charge in [-0.2, -0.15) is 4.73 Å². The molecule has 1 aromatic heterocycles. The van der Waals surface area contributed by atoms with Gasteiger partial charge in [0.2, 0.25) is 0 Å². The molecule has 1 unspecified atom stereocenters. The second-order valence-electron chi connectivity index (χ2n) is 4.67. The first-order valence-corrected chi connectivity index (χ1v) is 6.72. The van der Waals surface area contributed by atoms with Crippen molar-refractivity contribution in [3.8, 4) is 0 Å². The SMILES string of the molecule is CCC(CNC(=O)c1cc[n+]([O-])cc1)c1ccccc1. The van der Waals surface area contributed by atoms with Gasteiger partial charge in [-0.3, -0.25) is 4.79 Å². The Labute approximate surface area is 118 Å². The fourth-order valence-electron chi connectivity index (χ4n) is 2.11. The molecular formula is C16H18N2O2. The Morgan fingerprint density at radius 2 is 1.85 bits per heavy atom. The molecule has 2 aromatic rings. The number of rotatable bonds is 5. The number of benzene rings is 1. The summed E-state index contributed by atoms with van der Waals surface area (Å²) in [6.45, 7) is 2.69. The summed E-state index contributed by atoms with van der Waals surface area (Å²) in [7, 11) is 0. The van der Waals surface area contributed by atoms with Crippen LogP contribution >= 0.6 is 0 Å². The maximum absolute atomic E-state index is 12.0. The maximum Gasteiger partial charge on any atom is 0.251 e. The van der Waals surface area contributed by atoms with E-state index >= 15 is 0 Å². The van der Waals surface area contributed by atoms with Gasteiger partial charge in [-0.05, 0) is 12.0 Å². The van der Waals surface area contributed by atoms with E-state index in [1.54, 1.807) is 0 Å². The number of nitrogens with zero attached hydrogens (tertiary/aromatic N) is 1. The fourth-order valence-corrected chi connectivity index (χ4v) is 2.11. The van der Waals surface area contributed by atoms with Crippen LogP contribution in [-0.2, 0) is 0 Å². The van der Waals surface area contributed by atoms with Crippen molar-refractivity contribution in [2.24, 2.45) is 0 Å². The van der Waals surface area contributed by atoms with E-state index < -0.39 is 0 Å². The third-order valence-corrected chi connectivity index (χ3v) is 3.34. The van der Waals surface area contributed by atoms with Crippen molar-refractivity contribution >= 4 is 5.91 Å². The van der Waals surface area contributed by atoms with Gasteiger partial charge < -0.3 is 10.5 Å². The van der Waals surface area contributed by atoms with Gasteiger partial charge in [0.1, 0.15) is 0 Å². The third-order valence-electron chi connectivity index (χ3n) is 3.34. The lowest BCUT2D eigenvalue weighted by Crippen LogP contribution is -2.30. The van der Waals surface area contributed by atoms with Crippen molar-refractivity contribution in [3.05, 3.63) is 71.2 Å². The van der Waals surface area contributed by atoms with Crippen molar-refractivity contribution < 1.29 is 9.52 Å². The number of amides is 1. The minimum atomic E-state index is -0.153. The van der Waals surface area contributed by atoms with Crippen LogP contribution < -0.4 is 10.0 Å². The molecule has 1 aromatic carbocycles. The number of carbonyl (C=O) groups is 1. The van der Waals surface area contributed by atoms with E-state index in [1.165, 1.54) is 30.1 Å². The summed E-state index contributed by atoms with van der Waals surface area (Å²) in [5, 5.41) is 13.8. The van der Waals surface area contributed by atoms with Gasteiger partial charge in [0.05, 0.1) is 5.56 Å². The monoisotopic (exact) mass is 270 g/mol. The summed E-state index contributed by atoms with van der Waals surface area (Å²) >= 11 is 0. The lowest BCUT2D eigenvalue weighted by molar-refractivity contribution is -0.605. The molecule has 0 aliphatic rings. The van der Waals surface area contributed by atoms with Gasteiger partial charge in [-0.15, -0.1) is 0 Å². The van der Waals surface area contributed by atoms with Gasteiger partial charge in [-0.1, -0.05) is 37.3 Å². The highest BCUT2D eigenvalue weighted by atomic mass is 16.5. The zero-order valence-electron chi connectivity index (χ0n) is 11.5. The van der Waals surface area contributed by atoms with Crippen LogP contribution in [0, 0.1) is 5.21 Å². The summed E-state index contributed by atoms with van der Waals surface area (Å²) in [6.07, 6.45) is 3.60. The van der Waals surface area contributed by atoms with Crippen LogP contribution in [0.15, 0.2) is 54.9 Å². The number of pyridine rings is 1. The molecule has 0 saturated carbocycles. The van der Waals surface area contributed by atoms with Crippen LogP contribution in [0.5, 0.6) is 0 Å². The molecule has 0 spiro atoms. The molecule has 0 aliphatic heterocycles. The standard InChI is InChI=1S/C16H18N2O2/c1-2-13(14-6-4-3-5-7-14)12-17-16(19)15-8-10-18(20)11-9-15/h3-11,13H,2,12H2,1H3,(H,17,19). The van der Waals surface area contributed by atoms with Crippen LogP contribution in [0.2, 0.25) is 0 Å². The van der Waals surface area contributed by atoms with E-state index in [1.807, 2.05) is 18.2 Å². The zero-order chi connectivity index (χ0) is 14.4. The van der Waals surface area contributed by atoms with Crippen LogP contribution in [0.3, 0.4) is 0 Å². The normalized spacial score (nSPS) is 11.8. The summed E-state index contributed by atoms with van der Waals surface area (Å²) < 4.78 is 0.662. The summed E-state index contributed by atoms with van der Waals surface area (Å²) in [6, 6.07) is 13.2. The number of hydrogen-bond acceptors (Lipinski definition) is 2. The van der Waals surface area contributed by atoms with Crippen molar-refractivity contribution in [1.29, 1.82) is 0 Å². The fraction of sp³-hybridized carbons (Fsp3) is 0.250. The van der Waals surface area contributed by atoms with Gasteiger partial charge in [0.15, 0.2) is 12.4 Å². The minimum absolute atomic E-state index is 0.153. The Kier molecular flexibility index (Phi) is 4.71. The van der Waals surface area contributed by atoms with E-state index in [2.05, 4.69) is 24.4 Å². The second kappa shape index (κ2) is 6.70. The van der Waals surface area contributed by atoms with E-state index in [0.717, 1.165) is 6.42 Å². The average molecular weight is 270 g/mol. The summed E-state index contributed by atoms with van der Waals surface area (Å²) in [5.74, 6) is 0.147. The maximum atomic E-state index is 12.0. The van der Waals surface area contributed by atoms with Crippen LogP contribution in [0.1, 0.15) is 35.2 Å². The molecule has 0 aliphatic carbocycles. The van der Waals surface area contributed by atoms with Crippen molar-refractivity contribution in [1.82, 2.24) is 5.32 Å². The van der Waals surface area contributed by atoms with E-state index in [9.17, 15) is 10.0 Å². The quantitative estimate of drug-likeness (QED) is 0.669.